The Morgan fingerprint density at radius 2 is 2.44 bits per heavy atom. The standard InChI is InChI=1S/C4H5N2O2S/c7-3-1-2-5-4(6-3)9-8/h1-2,5,8H,(H,6,7). The molecule has 1 amide bonds. The molecule has 1 heterocycles. The van der Waals surface area contributed by atoms with Gasteiger partial charge in [-0.15, -0.1) is 0 Å². The van der Waals surface area contributed by atoms with Gasteiger partial charge in [0.1, 0.15) is 0 Å². The van der Waals surface area contributed by atoms with Crippen molar-refractivity contribution in [2.24, 2.45) is 0 Å². The summed E-state index contributed by atoms with van der Waals surface area (Å²) in [4.78, 5) is 10.4. The maximum absolute atomic E-state index is 10.4. The fourth-order valence-electron chi connectivity index (χ4n) is 0.432. The second kappa shape index (κ2) is 2.75. The lowest BCUT2D eigenvalue weighted by Crippen LogP contribution is -2.36. The van der Waals surface area contributed by atoms with Crippen LogP contribution in [0.25, 0.3) is 0 Å². The number of rotatable bonds is 1. The lowest BCUT2D eigenvalue weighted by atomic mass is 10.5. The van der Waals surface area contributed by atoms with Crippen LogP contribution in [0.15, 0.2) is 12.3 Å². The van der Waals surface area contributed by atoms with E-state index in [4.69, 9.17) is 4.55 Å². The van der Waals surface area contributed by atoms with E-state index >= 15 is 0 Å². The van der Waals surface area contributed by atoms with Crippen LogP contribution in [0.1, 0.15) is 0 Å². The van der Waals surface area contributed by atoms with E-state index in [0.717, 1.165) is 0 Å². The average Bonchev–Trinajstić information content (AvgIpc) is 1.88. The third-order valence-corrected chi connectivity index (χ3v) is 1.18. The minimum absolute atomic E-state index is 0.231. The quantitative estimate of drug-likeness (QED) is 0.450. The van der Waals surface area contributed by atoms with E-state index in [1.54, 1.807) is 0 Å². The summed E-state index contributed by atoms with van der Waals surface area (Å²) in [6.07, 6.45) is 2.79. The van der Waals surface area contributed by atoms with Gasteiger partial charge in [0.15, 0.2) is 0 Å². The summed E-state index contributed by atoms with van der Waals surface area (Å²) in [6, 6.07) is 0. The van der Waals surface area contributed by atoms with E-state index in [0.29, 0.717) is 17.5 Å². The molecule has 0 saturated heterocycles. The molecule has 0 bridgehead atoms. The molecule has 3 N–H and O–H groups in total. The summed E-state index contributed by atoms with van der Waals surface area (Å²) in [5.74, 6) is -0.231. The van der Waals surface area contributed by atoms with Gasteiger partial charge in [0.2, 0.25) is 11.4 Å². The van der Waals surface area contributed by atoms with Gasteiger partial charge in [0.05, 0.1) is 0 Å². The van der Waals surface area contributed by atoms with Crippen molar-refractivity contribution in [3.8, 4) is 0 Å². The number of nitrogens with one attached hydrogen (secondary N) is 2. The van der Waals surface area contributed by atoms with Crippen LogP contribution >= 0.6 is 12.0 Å². The molecule has 49 valence electrons. The Morgan fingerprint density at radius 3 is 2.89 bits per heavy atom. The Bertz CT molecular complexity index is 148. The van der Waals surface area contributed by atoms with E-state index in [9.17, 15) is 4.79 Å². The highest BCUT2D eigenvalue weighted by Gasteiger charge is 2.13. The summed E-state index contributed by atoms with van der Waals surface area (Å²) in [5, 5.41) is 4.98. The van der Waals surface area contributed by atoms with E-state index in [1.807, 2.05) is 0 Å². The number of hydrogen-bond acceptors (Lipinski definition) is 4. The van der Waals surface area contributed by atoms with Crippen molar-refractivity contribution in [3.05, 3.63) is 17.8 Å². The molecule has 1 rings (SSSR count). The van der Waals surface area contributed by atoms with Crippen LogP contribution in [-0.4, -0.2) is 10.5 Å². The van der Waals surface area contributed by atoms with Crippen LogP contribution in [0.2, 0.25) is 0 Å². The second-order valence-corrected chi connectivity index (χ2v) is 1.98. The minimum Gasteiger partial charge on any atom is -0.354 e. The van der Waals surface area contributed by atoms with Crippen LogP contribution in [0.4, 0.5) is 0 Å². The van der Waals surface area contributed by atoms with Crippen molar-refractivity contribution >= 4 is 17.9 Å². The van der Waals surface area contributed by atoms with Crippen LogP contribution in [0, 0.1) is 5.50 Å². The predicted octanol–water partition coefficient (Wildman–Crippen LogP) is -0.127. The summed E-state index contributed by atoms with van der Waals surface area (Å²) in [6.45, 7) is 0. The SMILES string of the molecule is O=C1C=CN[C](SO)N1. The van der Waals surface area contributed by atoms with Crippen LogP contribution < -0.4 is 10.6 Å². The molecule has 0 aromatic rings. The molecule has 0 aromatic carbocycles. The topological polar surface area (TPSA) is 61.4 Å². The zero-order valence-corrected chi connectivity index (χ0v) is 5.23. The van der Waals surface area contributed by atoms with E-state index < -0.39 is 0 Å². The Balaban J connectivity index is 2.47. The van der Waals surface area contributed by atoms with E-state index in [1.165, 1.54) is 12.3 Å². The van der Waals surface area contributed by atoms with Gasteiger partial charge >= 0.3 is 0 Å². The normalized spacial score (nSPS) is 19.0. The molecular formula is C4H5N2O2S. The van der Waals surface area contributed by atoms with Crippen LogP contribution in [0.3, 0.4) is 0 Å². The molecule has 4 nitrogen and oxygen atoms in total. The summed E-state index contributed by atoms with van der Waals surface area (Å²) >= 11 is 0.472. The molecule has 5 heteroatoms. The maximum atomic E-state index is 10.4. The first-order valence-electron chi connectivity index (χ1n) is 2.25. The molecule has 0 unspecified atom stereocenters. The smallest absolute Gasteiger partial charge is 0.248 e. The molecule has 0 fully saturated rings. The molecule has 0 saturated carbocycles. The van der Waals surface area contributed by atoms with E-state index in [2.05, 4.69) is 10.6 Å². The van der Waals surface area contributed by atoms with Crippen molar-refractivity contribution in [1.29, 1.82) is 0 Å². The number of amides is 1. The van der Waals surface area contributed by atoms with Crippen molar-refractivity contribution in [2.75, 3.05) is 0 Å². The molecule has 1 aliphatic heterocycles. The third kappa shape index (κ3) is 1.62. The molecule has 0 aliphatic carbocycles. The van der Waals surface area contributed by atoms with Gasteiger partial charge < -0.3 is 15.2 Å². The van der Waals surface area contributed by atoms with Crippen molar-refractivity contribution in [2.45, 2.75) is 0 Å². The van der Waals surface area contributed by atoms with Crippen LogP contribution in [0.5, 0.6) is 0 Å². The predicted molar refractivity (Wildman–Crippen MR) is 33.9 cm³/mol. The summed E-state index contributed by atoms with van der Waals surface area (Å²) in [5.41, 5.74) is 0.336. The molecular weight excluding hydrogens is 140 g/mol. The van der Waals surface area contributed by atoms with Gasteiger partial charge in [-0.05, 0) is 0 Å². The van der Waals surface area contributed by atoms with Gasteiger partial charge in [-0.3, -0.25) is 4.79 Å². The maximum Gasteiger partial charge on any atom is 0.248 e. The largest absolute Gasteiger partial charge is 0.354 e. The lowest BCUT2D eigenvalue weighted by molar-refractivity contribution is -0.116. The monoisotopic (exact) mass is 145 g/mol. The summed E-state index contributed by atoms with van der Waals surface area (Å²) in [7, 11) is 0. The molecule has 1 radical (unpaired) electrons. The Labute approximate surface area is 56.5 Å². The first kappa shape index (κ1) is 6.44. The van der Waals surface area contributed by atoms with Crippen LogP contribution in [-0.2, 0) is 4.79 Å². The van der Waals surface area contributed by atoms with Crippen molar-refractivity contribution in [3.63, 3.8) is 0 Å². The van der Waals surface area contributed by atoms with Gasteiger partial charge in [0.25, 0.3) is 0 Å². The fourth-order valence-corrected chi connectivity index (χ4v) is 0.699. The molecule has 0 aromatic heterocycles. The van der Waals surface area contributed by atoms with Crippen molar-refractivity contribution in [1.82, 2.24) is 10.6 Å². The summed E-state index contributed by atoms with van der Waals surface area (Å²) < 4.78 is 8.38. The number of hydrogen-bond donors (Lipinski definition) is 3. The first-order chi connectivity index (χ1) is 4.33. The Morgan fingerprint density at radius 1 is 1.67 bits per heavy atom. The molecule has 1 aliphatic rings. The lowest BCUT2D eigenvalue weighted by Gasteiger charge is -2.15. The average molecular weight is 145 g/mol. The number of carbonyl (C=O) groups excluding carboxylic acids is 1. The fraction of sp³-hybridized carbons (Fsp3) is 0. The van der Waals surface area contributed by atoms with Gasteiger partial charge in [-0.25, -0.2) is 0 Å². The zero-order chi connectivity index (χ0) is 6.69. The van der Waals surface area contributed by atoms with Gasteiger partial charge in [-0.1, -0.05) is 0 Å². The highest BCUT2D eigenvalue weighted by Crippen LogP contribution is 2.08. The highest BCUT2D eigenvalue weighted by molar-refractivity contribution is 7.96. The van der Waals surface area contributed by atoms with Crippen molar-refractivity contribution < 1.29 is 9.35 Å². The zero-order valence-electron chi connectivity index (χ0n) is 4.42. The third-order valence-electron chi connectivity index (χ3n) is 0.777. The Kier molecular flexibility index (Phi) is 1.96. The molecule has 0 atom stereocenters. The highest BCUT2D eigenvalue weighted by atomic mass is 32.2. The minimum atomic E-state index is -0.231. The second-order valence-electron chi connectivity index (χ2n) is 1.39. The number of carbonyl (C=O) groups is 1. The molecule has 0 spiro atoms. The molecule has 9 heavy (non-hydrogen) atoms. The first-order valence-corrected chi connectivity index (χ1v) is 3.02. The Hall–Kier alpha value is -0.680. The van der Waals surface area contributed by atoms with Gasteiger partial charge in [0, 0.05) is 24.3 Å². The van der Waals surface area contributed by atoms with Gasteiger partial charge in [-0.2, -0.15) is 0 Å². The van der Waals surface area contributed by atoms with E-state index in [-0.39, 0.29) is 5.91 Å².